The lowest BCUT2D eigenvalue weighted by molar-refractivity contribution is 0.102. The first kappa shape index (κ1) is 18.0. The summed E-state index contributed by atoms with van der Waals surface area (Å²) < 4.78 is 4.94. The van der Waals surface area contributed by atoms with Crippen LogP contribution in [-0.4, -0.2) is 34.1 Å². The summed E-state index contributed by atoms with van der Waals surface area (Å²) in [5.41, 5.74) is 2.33. The van der Waals surface area contributed by atoms with E-state index in [0.717, 1.165) is 18.8 Å². The highest BCUT2D eigenvalue weighted by Crippen LogP contribution is 2.23. The van der Waals surface area contributed by atoms with Crippen molar-refractivity contribution in [3.8, 4) is 0 Å². The average Bonchev–Trinajstić information content (AvgIpc) is 3.14. The molecule has 3 heterocycles. The Kier molecular flexibility index (Phi) is 5.18. The number of amides is 1. The molecule has 1 aliphatic rings. The van der Waals surface area contributed by atoms with Gasteiger partial charge in [0.05, 0.1) is 0 Å². The van der Waals surface area contributed by atoms with E-state index in [4.69, 9.17) is 4.52 Å². The number of hydrogen-bond acceptors (Lipinski definition) is 7. The van der Waals surface area contributed by atoms with E-state index >= 15 is 0 Å². The normalized spacial score (nSPS) is 14.0. The van der Waals surface area contributed by atoms with E-state index in [1.54, 1.807) is 25.3 Å². The highest BCUT2D eigenvalue weighted by molar-refractivity contribution is 6.02. The van der Waals surface area contributed by atoms with Gasteiger partial charge in [0, 0.05) is 36.7 Å². The molecule has 0 atom stereocenters. The molecule has 1 fully saturated rings. The molecular weight excluding hydrogens is 356 g/mol. The predicted octanol–water partition coefficient (Wildman–Crippen LogP) is 3.76. The number of nitrogens with one attached hydrogen (secondary N) is 2. The lowest BCUT2D eigenvalue weighted by Crippen LogP contribution is -2.29. The third-order valence-electron chi connectivity index (χ3n) is 4.60. The number of carbonyl (C=O) groups is 1. The molecule has 144 valence electrons. The number of piperidine rings is 1. The molecule has 28 heavy (non-hydrogen) atoms. The second kappa shape index (κ2) is 8.08. The van der Waals surface area contributed by atoms with Crippen LogP contribution in [-0.2, 0) is 0 Å². The molecule has 0 bridgehead atoms. The predicted molar refractivity (Wildman–Crippen MR) is 107 cm³/mol. The smallest absolute Gasteiger partial charge is 0.275 e. The molecule has 8 nitrogen and oxygen atoms in total. The Balaban J connectivity index is 1.42. The summed E-state index contributed by atoms with van der Waals surface area (Å²) in [4.78, 5) is 23.2. The number of nitrogens with zero attached hydrogens (tertiary/aromatic N) is 4. The fourth-order valence-corrected chi connectivity index (χ4v) is 3.19. The summed E-state index contributed by atoms with van der Waals surface area (Å²) >= 11 is 0. The highest BCUT2D eigenvalue weighted by atomic mass is 16.5. The van der Waals surface area contributed by atoms with Gasteiger partial charge in [0.1, 0.15) is 11.5 Å². The van der Waals surface area contributed by atoms with Gasteiger partial charge < -0.3 is 20.1 Å². The lowest BCUT2D eigenvalue weighted by atomic mass is 10.1. The Morgan fingerprint density at radius 2 is 1.89 bits per heavy atom. The number of rotatable bonds is 5. The Labute approximate surface area is 163 Å². The van der Waals surface area contributed by atoms with Gasteiger partial charge in [-0.25, -0.2) is 9.97 Å². The van der Waals surface area contributed by atoms with E-state index in [1.807, 2.05) is 12.1 Å². The molecule has 3 aromatic rings. The fourth-order valence-electron chi connectivity index (χ4n) is 3.19. The van der Waals surface area contributed by atoms with Crippen LogP contribution in [0, 0.1) is 6.92 Å². The zero-order valence-corrected chi connectivity index (χ0v) is 15.7. The fraction of sp³-hybridized carbons (Fsp3) is 0.300. The summed E-state index contributed by atoms with van der Waals surface area (Å²) in [6, 6.07) is 11.4. The van der Waals surface area contributed by atoms with Crippen LogP contribution in [0.3, 0.4) is 0 Å². The summed E-state index contributed by atoms with van der Waals surface area (Å²) in [5.74, 6) is 0.950. The Bertz CT molecular complexity index is 947. The van der Waals surface area contributed by atoms with Crippen LogP contribution in [0.25, 0.3) is 0 Å². The minimum atomic E-state index is -0.376. The largest absolute Gasteiger partial charge is 0.372 e. The van der Waals surface area contributed by atoms with Gasteiger partial charge in [0.2, 0.25) is 5.95 Å². The summed E-state index contributed by atoms with van der Waals surface area (Å²) in [6.45, 7) is 3.97. The van der Waals surface area contributed by atoms with Crippen LogP contribution in [0.5, 0.6) is 0 Å². The molecular formula is C20H22N6O2. The maximum Gasteiger partial charge on any atom is 0.275 e. The Morgan fingerprint density at radius 3 is 2.61 bits per heavy atom. The SMILES string of the molecule is Cc1cc(NC(=O)c2ccnc(Nc3ccc(N4CCCCC4)cc3)n2)no1. The van der Waals surface area contributed by atoms with Gasteiger partial charge in [-0.2, -0.15) is 0 Å². The van der Waals surface area contributed by atoms with Crippen molar-refractivity contribution in [1.29, 1.82) is 0 Å². The maximum absolute atomic E-state index is 12.3. The first-order valence-electron chi connectivity index (χ1n) is 9.37. The second-order valence-electron chi connectivity index (χ2n) is 6.76. The molecule has 0 spiro atoms. The first-order valence-corrected chi connectivity index (χ1v) is 9.37. The second-order valence-corrected chi connectivity index (χ2v) is 6.76. The van der Waals surface area contributed by atoms with Crippen molar-refractivity contribution in [2.75, 3.05) is 28.6 Å². The van der Waals surface area contributed by atoms with Gasteiger partial charge in [0.15, 0.2) is 5.82 Å². The summed E-state index contributed by atoms with van der Waals surface area (Å²) in [6.07, 6.45) is 5.35. The van der Waals surface area contributed by atoms with Crippen molar-refractivity contribution in [2.24, 2.45) is 0 Å². The van der Waals surface area contributed by atoms with E-state index in [2.05, 4.69) is 42.8 Å². The maximum atomic E-state index is 12.3. The van der Waals surface area contributed by atoms with Crippen LogP contribution in [0.1, 0.15) is 35.5 Å². The van der Waals surface area contributed by atoms with Crippen LogP contribution < -0.4 is 15.5 Å². The lowest BCUT2D eigenvalue weighted by Gasteiger charge is -2.28. The Morgan fingerprint density at radius 1 is 1.11 bits per heavy atom. The van der Waals surface area contributed by atoms with Crippen molar-refractivity contribution >= 4 is 29.0 Å². The highest BCUT2D eigenvalue weighted by Gasteiger charge is 2.13. The van der Waals surface area contributed by atoms with Crippen LogP contribution in [0.2, 0.25) is 0 Å². The molecule has 1 amide bonds. The number of hydrogen-bond donors (Lipinski definition) is 2. The van der Waals surface area contributed by atoms with Gasteiger partial charge in [-0.05, 0) is 56.5 Å². The van der Waals surface area contributed by atoms with Gasteiger partial charge in [-0.1, -0.05) is 5.16 Å². The monoisotopic (exact) mass is 378 g/mol. The third kappa shape index (κ3) is 4.28. The van der Waals surface area contributed by atoms with Crippen LogP contribution in [0.15, 0.2) is 47.1 Å². The van der Waals surface area contributed by atoms with Gasteiger partial charge in [-0.15, -0.1) is 0 Å². The van der Waals surface area contributed by atoms with Gasteiger partial charge in [0.25, 0.3) is 5.91 Å². The van der Waals surface area contributed by atoms with E-state index in [-0.39, 0.29) is 11.6 Å². The van der Waals surface area contributed by atoms with Crippen LogP contribution >= 0.6 is 0 Å². The van der Waals surface area contributed by atoms with Crippen molar-refractivity contribution in [3.05, 3.63) is 54.0 Å². The van der Waals surface area contributed by atoms with Crippen LogP contribution in [0.4, 0.5) is 23.1 Å². The summed E-state index contributed by atoms with van der Waals surface area (Å²) in [7, 11) is 0. The van der Waals surface area contributed by atoms with Crippen molar-refractivity contribution < 1.29 is 9.32 Å². The zero-order chi connectivity index (χ0) is 19.3. The van der Waals surface area contributed by atoms with Crippen molar-refractivity contribution in [2.45, 2.75) is 26.2 Å². The molecule has 2 N–H and O–H groups in total. The minimum Gasteiger partial charge on any atom is -0.372 e. The van der Waals surface area contributed by atoms with E-state index in [1.165, 1.54) is 24.9 Å². The molecule has 8 heteroatoms. The molecule has 0 aliphatic carbocycles. The van der Waals surface area contributed by atoms with E-state index in [0.29, 0.717) is 17.5 Å². The quantitative estimate of drug-likeness (QED) is 0.698. The molecule has 1 aliphatic heterocycles. The third-order valence-corrected chi connectivity index (χ3v) is 4.60. The van der Waals surface area contributed by atoms with Crippen molar-refractivity contribution in [3.63, 3.8) is 0 Å². The topological polar surface area (TPSA) is 96.2 Å². The number of anilines is 4. The number of aromatic nitrogens is 3. The van der Waals surface area contributed by atoms with Gasteiger partial charge >= 0.3 is 0 Å². The van der Waals surface area contributed by atoms with Gasteiger partial charge in [-0.3, -0.25) is 4.79 Å². The molecule has 0 saturated carbocycles. The van der Waals surface area contributed by atoms with Crippen molar-refractivity contribution in [1.82, 2.24) is 15.1 Å². The minimum absolute atomic E-state index is 0.239. The number of aryl methyl sites for hydroxylation is 1. The van der Waals surface area contributed by atoms with E-state index < -0.39 is 0 Å². The number of benzene rings is 1. The molecule has 0 unspecified atom stereocenters. The molecule has 1 saturated heterocycles. The zero-order valence-electron chi connectivity index (χ0n) is 15.7. The van der Waals surface area contributed by atoms with E-state index in [9.17, 15) is 4.79 Å². The molecule has 2 aromatic heterocycles. The molecule has 4 rings (SSSR count). The summed E-state index contributed by atoms with van der Waals surface area (Å²) in [5, 5.41) is 9.54. The number of carbonyl (C=O) groups excluding carboxylic acids is 1. The molecule has 1 aromatic carbocycles. The average molecular weight is 378 g/mol. The standard InChI is InChI=1S/C20H22N6O2/c1-14-13-18(25-28-14)24-19(27)17-9-10-21-20(23-17)22-15-5-7-16(8-6-15)26-11-3-2-4-12-26/h5-10,13H,2-4,11-12H2,1H3,(H,21,22,23)(H,24,25,27). The Hall–Kier alpha value is -3.42. The molecule has 0 radical (unpaired) electrons. The first-order chi connectivity index (χ1) is 13.7.